The van der Waals surface area contributed by atoms with E-state index in [1.54, 1.807) is 0 Å². The van der Waals surface area contributed by atoms with Gasteiger partial charge in [-0.1, -0.05) is 97.1 Å². The molecular formula is C39H36N2O5. The lowest BCUT2D eigenvalue weighted by Crippen LogP contribution is -2.43. The van der Waals surface area contributed by atoms with E-state index in [0.717, 1.165) is 0 Å². The Hall–Kier alpha value is -4.91. The maximum absolute atomic E-state index is 13.8. The van der Waals surface area contributed by atoms with Gasteiger partial charge in [-0.25, -0.2) is 4.79 Å². The summed E-state index contributed by atoms with van der Waals surface area (Å²) >= 11 is 0. The minimum Gasteiger partial charge on any atom is -0.429 e. The number of nitrogens with one attached hydrogen (secondary N) is 2. The number of benzene rings is 4. The van der Waals surface area contributed by atoms with E-state index in [1.807, 2.05) is 48.5 Å². The predicted octanol–water partition coefficient (Wildman–Crippen LogP) is 6.84. The lowest BCUT2D eigenvalue weighted by Gasteiger charge is -2.30. The lowest BCUT2D eigenvalue weighted by molar-refractivity contribution is -0.120. The summed E-state index contributed by atoms with van der Waals surface area (Å²) in [4.78, 5) is 38.5. The van der Waals surface area contributed by atoms with Crippen LogP contribution in [0.1, 0.15) is 72.6 Å². The molecule has 4 aromatic rings. The molecule has 8 rings (SSSR count). The first-order valence-corrected chi connectivity index (χ1v) is 16.4. The Bertz CT molecular complexity index is 1610. The molecule has 7 nitrogen and oxygen atoms in total. The number of carbonyl (C=O) groups is 3. The van der Waals surface area contributed by atoms with E-state index in [-0.39, 0.29) is 35.7 Å². The third-order valence-electron chi connectivity index (χ3n) is 10.3. The first-order valence-electron chi connectivity index (χ1n) is 16.4. The Balaban J connectivity index is 1.06. The molecule has 2 saturated heterocycles. The van der Waals surface area contributed by atoms with Crippen LogP contribution in [0.4, 0.5) is 4.79 Å². The van der Waals surface area contributed by atoms with E-state index in [0.29, 0.717) is 38.5 Å². The van der Waals surface area contributed by atoms with Crippen molar-refractivity contribution in [2.24, 2.45) is 0 Å². The normalized spacial score (nSPS) is 21.0. The molecule has 2 N–H and O–H groups in total. The monoisotopic (exact) mass is 612 g/mol. The van der Waals surface area contributed by atoms with Crippen LogP contribution in [0, 0.1) is 0 Å². The number of fused-ring (bicyclic) bond motifs is 6. The maximum atomic E-state index is 13.8. The smallest absolute Gasteiger partial charge is 0.429 e. The number of hydrogen-bond acceptors (Lipinski definition) is 5. The number of amides is 2. The first-order chi connectivity index (χ1) is 22.5. The molecule has 0 saturated carbocycles. The Kier molecular flexibility index (Phi) is 7.32. The van der Waals surface area contributed by atoms with E-state index >= 15 is 0 Å². The third-order valence-corrected chi connectivity index (χ3v) is 10.3. The Morgan fingerprint density at radius 3 is 1.20 bits per heavy atom. The molecule has 2 aliphatic heterocycles. The van der Waals surface area contributed by atoms with Crippen LogP contribution in [0.15, 0.2) is 97.1 Å². The van der Waals surface area contributed by atoms with Gasteiger partial charge in [0.05, 0.1) is 12.1 Å². The highest BCUT2D eigenvalue weighted by molar-refractivity contribution is 5.81. The fourth-order valence-corrected chi connectivity index (χ4v) is 8.19. The Labute approximate surface area is 268 Å². The van der Waals surface area contributed by atoms with Crippen LogP contribution in [0.25, 0.3) is 22.3 Å². The van der Waals surface area contributed by atoms with E-state index < -0.39 is 18.4 Å². The van der Waals surface area contributed by atoms with Gasteiger partial charge in [0.1, 0.15) is 12.2 Å². The topological polar surface area (TPSA) is 93.7 Å². The van der Waals surface area contributed by atoms with Gasteiger partial charge < -0.3 is 20.1 Å². The highest BCUT2D eigenvalue weighted by Gasteiger charge is 2.41. The van der Waals surface area contributed by atoms with Crippen molar-refractivity contribution in [1.82, 2.24) is 10.6 Å². The maximum Gasteiger partial charge on any atom is 0.508 e. The first kappa shape index (κ1) is 28.6. The minimum absolute atomic E-state index is 0.0131. The van der Waals surface area contributed by atoms with Gasteiger partial charge in [0.25, 0.3) is 0 Å². The quantitative estimate of drug-likeness (QED) is 0.213. The van der Waals surface area contributed by atoms with Crippen molar-refractivity contribution in [3.8, 4) is 22.3 Å². The van der Waals surface area contributed by atoms with Crippen molar-refractivity contribution in [3.63, 3.8) is 0 Å². The molecule has 7 heteroatoms. The van der Waals surface area contributed by atoms with Crippen LogP contribution in [-0.2, 0) is 19.1 Å². The number of carbonyl (C=O) groups excluding carboxylic acids is 3. The second-order valence-electron chi connectivity index (χ2n) is 12.9. The highest BCUT2D eigenvalue weighted by atomic mass is 16.7. The second kappa shape index (κ2) is 11.8. The molecule has 4 aliphatic rings. The minimum atomic E-state index is -0.767. The Morgan fingerprint density at radius 2 is 0.891 bits per heavy atom. The molecule has 46 heavy (non-hydrogen) atoms. The van der Waals surface area contributed by atoms with E-state index in [1.165, 1.54) is 44.5 Å². The van der Waals surface area contributed by atoms with Crippen molar-refractivity contribution in [3.05, 3.63) is 119 Å². The van der Waals surface area contributed by atoms with Crippen molar-refractivity contribution in [2.45, 2.75) is 74.7 Å². The van der Waals surface area contributed by atoms with Crippen molar-refractivity contribution < 1.29 is 23.9 Å². The molecule has 232 valence electrons. The summed E-state index contributed by atoms with van der Waals surface area (Å²) in [5.41, 5.74) is 9.53. The summed E-state index contributed by atoms with van der Waals surface area (Å²) in [5.74, 6) is -0.0492. The molecule has 4 aromatic carbocycles. The summed E-state index contributed by atoms with van der Waals surface area (Å²) in [6.07, 6.45) is 1.06. The molecule has 4 atom stereocenters. The number of hydrogen-bond donors (Lipinski definition) is 2. The standard InChI is InChI=1S/C39H36N2O5/c42-37-19-17-33(40-37)35(21-31-27-13-5-1-9-23(27)24-10-2-6-14-28(24)31)45-39(44)46-36(34-18-20-38(43)41-34)22-32-29-15-7-3-11-25(29)26-12-4-8-16-30(26)32/h1-16,31-36H,17-22H2,(H,40,42)(H,41,43). The van der Waals surface area contributed by atoms with Crippen LogP contribution in [-0.4, -0.2) is 42.3 Å². The summed E-state index contributed by atoms with van der Waals surface area (Å²) in [7, 11) is 0. The van der Waals surface area contributed by atoms with E-state index in [4.69, 9.17) is 9.47 Å². The number of rotatable bonds is 8. The van der Waals surface area contributed by atoms with E-state index in [2.05, 4.69) is 59.2 Å². The summed E-state index contributed by atoms with van der Waals surface area (Å²) in [6, 6.07) is 32.8. The van der Waals surface area contributed by atoms with Gasteiger partial charge >= 0.3 is 6.16 Å². The van der Waals surface area contributed by atoms with Gasteiger partial charge in [0.15, 0.2) is 0 Å². The van der Waals surface area contributed by atoms with Crippen molar-refractivity contribution in [1.29, 1.82) is 0 Å². The fourth-order valence-electron chi connectivity index (χ4n) is 8.19. The molecule has 2 aliphatic carbocycles. The molecule has 4 unspecified atom stereocenters. The molecule has 2 fully saturated rings. The van der Waals surface area contributed by atoms with Crippen LogP contribution < -0.4 is 10.6 Å². The number of ether oxygens (including phenoxy) is 2. The summed E-state index contributed by atoms with van der Waals surface area (Å²) in [6.45, 7) is 0. The average molecular weight is 613 g/mol. The van der Waals surface area contributed by atoms with Gasteiger partial charge in [0, 0.05) is 24.7 Å². The van der Waals surface area contributed by atoms with Crippen LogP contribution in [0.3, 0.4) is 0 Å². The van der Waals surface area contributed by atoms with Gasteiger partial charge in [-0.2, -0.15) is 0 Å². The largest absolute Gasteiger partial charge is 0.508 e. The van der Waals surface area contributed by atoms with Crippen LogP contribution in [0.2, 0.25) is 0 Å². The zero-order valence-electron chi connectivity index (χ0n) is 25.5. The van der Waals surface area contributed by atoms with Crippen LogP contribution in [0.5, 0.6) is 0 Å². The lowest BCUT2D eigenvalue weighted by atomic mass is 9.88. The SMILES string of the molecule is O=C1CCC(C(CC2c3ccccc3-c3ccccc32)OC(=O)OC(CC2c3ccccc3-c3ccccc32)C2CCC(=O)N2)N1. The summed E-state index contributed by atoms with van der Waals surface area (Å²) in [5, 5.41) is 6.09. The molecule has 0 radical (unpaired) electrons. The molecule has 2 heterocycles. The second-order valence-corrected chi connectivity index (χ2v) is 12.9. The van der Waals surface area contributed by atoms with Gasteiger partial charge in [-0.15, -0.1) is 0 Å². The third kappa shape index (κ3) is 5.14. The van der Waals surface area contributed by atoms with Crippen LogP contribution >= 0.6 is 0 Å². The molecule has 0 spiro atoms. The van der Waals surface area contributed by atoms with Crippen molar-refractivity contribution in [2.75, 3.05) is 0 Å². The molecular weight excluding hydrogens is 576 g/mol. The average Bonchev–Trinajstić information content (AvgIpc) is 3.86. The molecule has 0 aromatic heterocycles. The zero-order valence-corrected chi connectivity index (χ0v) is 25.5. The summed E-state index contributed by atoms with van der Waals surface area (Å²) < 4.78 is 12.4. The molecule has 2 amide bonds. The molecule has 0 bridgehead atoms. The predicted molar refractivity (Wildman–Crippen MR) is 174 cm³/mol. The fraction of sp³-hybridized carbons (Fsp3) is 0.308. The van der Waals surface area contributed by atoms with Crippen molar-refractivity contribution >= 4 is 18.0 Å². The van der Waals surface area contributed by atoms with E-state index in [9.17, 15) is 14.4 Å². The Morgan fingerprint density at radius 1 is 0.565 bits per heavy atom. The van der Waals surface area contributed by atoms with Gasteiger partial charge in [-0.05, 0) is 70.2 Å². The highest BCUT2D eigenvalue weighted by Crippen LogP contribution is 2.49. The van der Waals surface area contributed by atoms with Gasteiger partial charge in [-0.3, -0.25) is 9.59 Å². The zero-order chi connectivity index (χ0) is 31.2. The van der Waals surface area contributed by atoms with Gasteiger partial charge in [0.2, 0.25) is 11.8 Å².